The van der Waals surface area contributed by atoms with E-state index in [9.17, 15) is 9.90 Å². The Morgan fingerprint density at radius 1 is 0.909 bits per heavy atom. The van der Waals surface area contributed by atoms with Crippen LogP contribution in [0.1, 0.15) is 119 Å². The number of rotatable bonds is 11. The van der Waals surface area contributed by atoms with Gasteiger partial charge in [0.1, 0.15) is 17.1 Å². The molecule has 0 saturated carbocycles. The number of pyridine rings is 1. The Morgan fingerprint density at radius 2 is 1.56 bits per heavy atom. The maximum absolute atomic E-state index is 12.2. The molecule has 3 aromatic heterocycles. The van der Waals surface area contributed by atoms with Crippen molar-refractivity contribution in [2.75, 3.05) is 0 Å². The molecule has 6 heteroatoms. The van der Waals surface area contributed by atoms with Crippen molar-refractivity contribution in [3.8, 4) is 21.7 Å². The van der Waals surface area contributed by atoms with Gasteiger partial charge in [0, 0.05) is 75.8 Å². The number of aliphatic hydroxyl groups is 1. The van der Waals surface area contributed by atoms with E-state index in [0.717, 1.165) is 60.1 Å². The Balaban J connectivity index is 0.000000320. The number of aryl methyl sites for hydroxylation is 1. The number of hydrogen-bond donors (Lipinski definition) is 1. The fraction of sp³-hybridized carbons (Fsp3) is 0.429. The molecule has 0 spiro atoms. The van der Waals surface area contributed by atoms with Gasteiger partial charge in [0.25, 0.3) is 0 Å². The zero-order valence-corrected chi connectivity index (χ0v) is 38.2. The molecule has 0 saturated heterocycles. The van der Waals surface area contributed by atoms with Crippen molar-refractivity contribution < 1.29 is 34.4 Å². The number of nitrogens with zero attached hydrogens (tertiary/aromatic N) is 1. The number of aliphatic hydroxyl groups excluding tert-OH is 1. The Labute approximate surface area is 347 Å². The fourth-order valence-electron chi connectivity index (χ4n) is 7.07. The zero-order chi connectivity index (χ0) is 39.6. The standard InChI is InChI=1S/C34H32NOS.C15H28O2.Ir/c1-20(2)16-29-21(3)31-26(12-9-13-28(31)36-29)30-19-23-14-15-35-32(33(23)37-30)24-17-22-10-7-8-11-25(22)27(18-24)34(4,5)6;1-7-14(5,8-2)12(16)11-13(17)15(6,9-3)10-4;/h7-15,18-20H,16H2,1-6H3;11,16H,7-10H2,1-6H3;/q-1;;/b;12-11-;. The number of carbonyl (C=O) groups is 1. The smallest absolute Gasteiger partial charge is 0.164 e. The molecule has 0 atom stereocenters. The van der Waals surface area contributed by atoms with E-state index in [-0.39, 0.29) is 47.9 Å². The second-order valence-electron chi connectivity index (χ2n) is 16.9. The molecule has 6 rings (SSSR count). The van der Waals surface area contributed by atoms with Crippen LogP contribution in [0.15, 0.2) is 83.1 Å². The molecule has 0 unspecified atom stereocenters. The van der Waals surface area contributed by atoms with Gasteiger partial charge in [-0.05, 0) is 73.1 Å². The Hall–Kier alpha value is -3.57. The van der Waals surface area contributed by atoms with Gasteiger partial charge in [-0.3, -0.25) is 9.78 Å². The number of aromatic nitrogens is 1. The number of furan rings is 1. The van der Waals surface area contributed by atoms with E-state index in [1.807, 2.05) is 59.1 Å². The second kappa shape index (κ2) is 17.7. The van der Waals surface area contributed by atoms with Crippen LogP contribution in [0.3, 0.4) is 0 Å². The van der Waals surface area contributed by atoms with E-state index in [1.165, 1.54) is 48.5 Å². The summed E-state index contributed by atoms with van der Waals surface area (Å²) in [5.74, 6) is 1.94. The molecule has 295 valence electrons. The van der Waals surface area contributed by atoms with Crippen LogP contribution in [0.4, 0.5) is 0 Å². The first kappa shape index (κ1) is 44.1. The van der Waals surface area contributed by atoms with E-state index >= 15 is 0 Å². The third-order valence-electron chi connectivity index (χ3n) is 11.8. The molecule has 1 radical (unpaired) electrons. The predicted octanol–water partition coefficient (Wildman–Crippen LogP) is 14.8. The first-order valence-corrected chi connectivity index (χ1v) is 20.6. The van der Waals surface area contributed by atoms with Gasteiger partial charge in [-0.15, -0.1) is 40.5 Å². The first-order chi connectivity index (χ1) is 25.5. The largest absolute Gasteiger partial charge is 0.512 e. The van der Waals surface area contributed by atoms with Crippen molar-refractivity contribution in [1.82, 2.24) is 4.98 Å². The molecule has 6 aromatic rings. The summed E-state index contributed by atoms with van der Waals surface area (Å²) in [6.07, 6.45) is 7.64. The van der Waals surface area contributed by atoms with Crippen molar-refractivity contribution in [3.05, 3.63) is 102 Å². The van der Waals surface area contributed by atoms with Crippen LogP contribution in [0.5, 0.6) is 0 Å². The van der Waals surface area contributed by atoms with Crippen molar-refractivity contribution in [1.29, 1.82) is 0 Å². The van der Waals surface area contributed by atoms with Crippen LogP contribution in [0.2, 0.25) is 0 Å². The van der Waals surface area contributed by atoms with Gasteiger partial charge < -0.3 is 9.52 Å². The zero-order valence-electron chi connectivity index (χ0n) is 35.0. The minimum atomic E-state index is -0.337. The van der Waals surface area contributed by atoms with Crippen molar-refractivity contribution in [2.45, 2.75) is 121 Å². The molecule has 3 heterocycles. The van der Waals surface area contributed by atoms with Crippen LogP contribution < -0.4 is 0 Å². The summed E-state index contributed by atoms with van der Waals surface area (Å²) in [7, 11) is 0. The third kappa shape index (κ3) is 9.19. The second-order valence-corrected chi connectivity index (χ2v) is 18.0. The van der Waals surface area contributed by atoms with Crippen LogP contribution in [0, 0.1) is 29.7 Å². The van der Waals surface area contributed by atoms with Gasteiger partial charge in [0.2, 0.25) is 0 Å². The molecule has 0 aliphatic rings. The molecule has 0 amide bonds. The summed E-state index contributed by atoms with van der Waals surface area (Å²) in [6, 6.07) is 25.4. The average molecular weight is 935 g/mol. The normalized spacial score (nSPS) is 12.6. The SMILES string of the molecule is CCC(C)(CC)C(=O)/C=C(\O)C(C)(CC)CC.Cc1c(CC(C)C)oc2cccc(-c3cc4ccnc(-c5[c-]c6ccccc6c(C(C)(C)C)c5)c4s3)c12.[Ir]. The maximum Gasteiger partial charge on any atom is 0.164 e. The van der Waals surface area contributed by atoms with Crippen LogP contribution in [-0.2, 0) is 36.7 Å². The summed E-state index contributed by atoms with van der Waals surface area (Å²) < 4.78 is 7.51. The number of allylic oxidation sites excluding steroid dienone is 2. The number of hydrogen-bond acceptors (Lipinski definition) is 5. The van der Waals surface area contributed by atoms with Gasteiger partial charge in [0.15, 0.2) is 5.78 Å². The van der Waals surface area contributed by atoms with Crippen molar-refractivity contribution in [2.24, 2.45) is 16.7 Å². The summed E-state index contributed by atoms with van der Waals surface area (Å²) in [5, 5.41) is 15.0. The predicted molar refractivity (Wildman–Crippen MR) is 232 cm³/mol. The summed E-state index contributed by atoms with van der Waals surface area (Å²) >= 11 is 1.81. The summed E-state index contributed by atoms with van der Waals surface area (Å²) in [6.45, 7) is 25.6. The molecule has 0 bridgehead atoms. The van der Waals surface area contributed by atoms with Gasteiger partial charge >= 0.3 is 0 Å². The number of carbonyl (C=O) groups excluding carboxylic acids is 1. The fourth-order valence-corrected chi connectivity index (χ4v) is 8.26. The van der Waals surface area contributed by atoms with Crippen molar-refractivity contribution in [3.63, 3.8) is 0 Å². The topological polar surface area (TPSA) is 63.3 Å². The van der Waals surface area contributed by atoms with Gasteiger partial charge in [-0.25, -0.2) is 0 Å². The minimum absolute atomic E-state index is 0. The number of benzene rings is 3. The third-order valence-corrected chi connectivity index (χ3v) is 13.0. The molecule has 0 fully saturated rings. The number of ketones is 1. The van der Waals surface area contributed by atoms with Gasteiger partial charge in [0.05, 0.1) is 0 Å². The molecule has 1 N–H and O–H groups in total. The molecule has 55 heavy (non-hydrogen) atoms. The Kier molecular flexibility index (Phi) is 14.2. The minimum Gasteiger partial charge on any atom is -0.512 e. The quantitative estimate of drug-likeness (QED) is 0.0799. The van der Waals surface area contributed by atoms with Crippen LogP contribution in [-0.4, -0.2) is 15.9 Å². The molecule has 4 nitrogen and oxygen atoms in total. The van der Waals surface area contributed by atoms with Gasteiger partial charge in [-0.1, -0.05) is 117 Å². The van der Waals surface area contributed by atoms with E-state index < -0.39 is 0 Å². The Morgan fingerprint density at radius 3 is 2.18 bits per heavy atom. The molecular formula is C49H60IrNO3S-. The molecule has 0 aliphatic heterocycles. The van der Waals surface area contributed by atoms with Gasteiger partial charge in [-0.2, -0.15) is 0 Å². The summed E-state index contributed by atoms with van der Waals surface area (Å²) in [4.78, 5) is 18.3. The van der Waals surface area contributed by atoms with E-state index in [2.05, 4.69) is 108 Å². The van der Waals surface area contributed by atoms with E-state index in [0.29, 0.717) is 5.92 Å². The van der Waals surface area contributed by atoms with E-state index in [4.69, 9.17) is 9.40 Å². The van der Waals surface area contributed by atoms with E-state index in [1.54, 1.807) is 0 Å². The molecule has 3 aromatic carbocycles. The van der Waals surface area contributed by atoms with Crippen LogP contribution in [0.25, 0.3) is 53.5 Å². The monoisotopic (exact) mass is 935 g/mol. The Bertz CT molecular complexity index is 2290. The maximum atomic E-state index is 12.2. The summed E-state index contributed by atoms with van der Waals surface area (Å²) in [5.41, 5.74) is 6.25. The van der Waals surface area contributed by atoms with Crippen molar-refractivity contribution >= 4 is 48.9 Å². The average Bonchev–Trinajstić information content (AvgIpc) is 3.73. The first-order valence-electron chi connectivity index (χ1n) is 19.8. The number of thiophene rings is 1. The number of fused-ring (bicyclic) bond motifs is 3. The molecular weight excluding hydrogens is 875 g/mol. The van der Waals surface area contributed by atoms with Crippen LogP contribution >= 0.6 is 11.3 Å². The molecule has 0 aliphatic carbocycles.